The summed E-state index contributed by atoms with van der Waals surface area (Å²) in [5, 5.41) is 18.6. The lowest BCUT2D eigenvalue weighted by Crippen LogP contribution is -2.40. The van der Waals surface area contributed by atoms with Crippen molar-refractivity contribution in [1.29, 1.82) is 0 Å². The van der Waals surface area contributed by atoms with Crippen LogP contribution < -0.4 is 0 Å². The van der Waals surface area contributed by atoms with Gasteiger partial charge in [-0.2, -0.15) is 0 Å². The van der Waals surface area contributed by atoms with Crippen LogP contribution in [0.2, 0.25) is 0 Å². The first-order valence-electron chi connectivity index (χ1n) is 5.84. The first-order chi connectivity index (χ1) is 7.70. The lowest BCUT2D eigenvalue weighted by molar-refractivity contribution is -0.170. The number of aliphatic hydroxyl groups excluding tert-OH is 1. The van der Waals surface area contributed by atoms with E-state index in [0.29, 0.717) is 12.8 Å². The second-order valence-corrected chi connectivity index (χ2v) is 5.55. The van der Waals surface area contributed by atoms with Gasteiger partial charge in [0.05, 0.1) is 17.9 Å². The Morgan fingerprint density at radius 2 is 1.76 bits per heavy atom. The van der Waals surface area contributed by atoms with E-state index in [-0.39, 0.29) is 6.42 Å². The van der Waals surface area contributed by atoms with Crippen molar-refractivity contribution in [2.24, 2.45) is 11.8 Å². The quantitative estimate of drug-likeness (QED) is 0.713. The highest BCUT2D eigenvalue weighted by Crippen LogP contribution is 2.32. The fourth-order valence-corrected chi connectivity index (χ4v) is 2.08. The molecule has 0 saturated heterocycles. The Labute approximate surface area is 101 Å². The maximum absolute atomic E-state index is 11.9. The van der Waals surface area contributed by atoms with Gasteiger partial charge in [0.1, 0.15) is 5.60 Å². The number of rotatable bonds is 2. The molecule has 2 N–H and O–H groups in total. The molecule has 0 radical (unpaired) electrons. The number of carbonyl (C=O) groups excluding carboxylic acids is 1. The molecule has 1 fully saturated rings. The van der Waals surface area contributed by atoms with Gasteiger partial charge in [-0.15, -0.1) is 0 Å². The van der Waals surface area contributed by atoms with Crippen LogP contribution in [0.4, 0.5) is 0 Å². The molecule has 1 aliphatic rings. The average Bonchev–Trinajstić information content (AvgIpc) is 2.14. The van der Waals surface area contributed by atoms with Gasteiger partial charge in [0, 0.05) is 0 Å². The van der Waals surface area contributed by atoms with Crippen molar-refractivity contribution in [2.45, 2.75) is 51.7 Å². The largest absolute Gasteiger partial charge is 0.481 e. The van der Waals surface area contributed by atoms with Gasteiger partial charge in [0.2, 0.25) is 0 Å². The van der Waals surface area contributed by atoms with Gasteiger partial charge in [0.25, 0.3) is 0 Å². The zero-order chi connectivity index (χ0) is 13.2. The number of carbonyl (C=O) groups is 2. The Balaban J connectivity index is 2.75. The molecule has 0 aromatic rings. The summed E-state index contributed by atoms with van der Waals surface area (Å²) < 4.78 is 5.19. The predicted molar refractivity (Wildman–Crippen MR) is 60.3 cm³/mol. The monoisotopic (exact) mass is 244 g/mol. The third kappa shape index (κ3) is 4.00. The Kier molecular flexibility index (Phi) is 4.14. The molecule has 5 nitrogen and oxygen atoms in total. The van der Waals surface area contributed by atoms with Crippen LogP contribution in [0.25, 0.3) is 0 Å². The van der Waals surface area contributed by atoms with Gasteiger partial charge in [-0.05, 0) is 40.0 Å². The van der Waals surface area contributed by atoms with Crippen molar-refractivity contribution in [3.8, 4) is 0 Å². The third-order valence-corrected chi connectivity index (χ3v) is 2.85. The summed E-state index contributed by atoms with van der Waals surface area (Å²) in [7, 11) is 0. The molecular formula is C12H20O5. The molecule has 0 amide bonds. The smallest absolute Gasteiger partial charge is 0.310 e. The van der Waals surface area contributed by atoms with Crippen molar-refractivity contribution in [3.63, 3.8) is 0 Å². The van der Waals surface area contributed by atoms with Crippen LogP contribution >= 0.6 is 0 Å². The van der Waals surface area contributed by atoms with Gasteiger partial charge in [0.15, 0.2) is 0 Å². The van der Waals surface area contributed by atoms with Crippen LogP contribution in [0.3, 0.4) is 0 Å². The summed E-state index contributed by atoms with van der Waals surface area (Å²) in [6.07, 6.45) is 0.311. The van der Waals surface area contributed by atoms with Crippen LogP contribution in [0, 0.1) is 11.8 Å². The Morgan fingerprint density at radius 3 is 2.24 bits per heavy atom. The highest BCUT2D eigenvalue weighted by atomic mass is 16.6. The molecule has 17 heavy (non-hydrogen) atoms. The lowest BCUT2D eigenvalue weighted by atomic mass is 9.78. The molecule has 0 bridgehead atoms. The highest BCUT2D eigenvalue weighted by Gasteiger charge is 2.40. The molecule has 0 aromatic carbocycles. The molecule has 5 heteroatoms. The van der Waals surface area contributed by atoms with Crippen molar-refractivity contribution in [1.82, 2.24) is 0 Å². The minimum absolute atomic E-state index is 0.173. The average molecular weight is 244 g/mol. The topological polar surface area (TPSA) is 83.8 Å². The number of carboxylic acid groups (broad SMARTS) is 1. The fourth-order valence-electron chi connectivity index (χ4n) is 2.08. The van der Waals surface area contributed by atoms with Gasteiger partial charge in [-0.1, -0.05) is 0 Å². The number of carboxylic acids is 1. The molecule has 98 valence electrons. The standard InChI is InChI=1S/C12H20O5/c1-12(2,3)17-11(16)9-6-7(13)4-5-8(9)10(14)15/h7-9,13H,4-6H2,1-3H3,(H,14,15). The van der Waals surface area contributed by atoms with Crippen LogP contribution in [0.1, 0.15) is 40.0 Å². The first kappa shape index (κ1) is 14.0. The number of esters is 1. The minimum Gasteiger partial charge on any atom is -0.481 e. The minimum atomic E-state index is -0.993. The van der Waals surface area contributed by atoms with Gasteiger partial charge < -0.3 is 14.9 Å². The second kappa shape index (κ2) is 5.04. The van der Waals surface area contributed by atoms with Crippen LogP contribution in [0.5, 0.6) is 0 Å². The van der Waals surface area contributed by atoms with Gasteiger partial charge >= 0.3 is 11.9 Å². The number of aliphatic hydroxyl groups is 1. The second-order valence-electron chi connectivity index (χ2n) is 5.55. The summed E-state index contributed by atoms with van der Waals surface area (Å²) >= 11 is 0. The Hall–Kier alpha value is -1.10. The summed E-state index contributed by atoms with van der Waals surface area (Å²) in [6.45, 7) is 5.21. The van der Waals surface area contributed by atoms with Gasteiger partial charge in [-0.3, -0.25) is 9.59 Å². The Morgan fingerprint density at radius 1 is 1.18 bits per heavy atom. The van der Waals surface area contributed by atoms with E-state index in [4.69, 9.17) is 9.84 Å². The van der Waals surface area contributed by atoms with E-state index < -0.39 is 35.5 Å². The van der Waals surface area contributed by atoms with E-state index in [1.54, 1.807) is 20.8 Å². The van der Waals surface area contributed by atoms with E-state index in [2.05, 4.69) is 0 Å². The first-order valence-corrected chi connectivity index (χ1v) is 5.84. The molecule has 1 rings (SSSR count). The lowest BCUT2D eigenvalue weighted by Gasteiger charge is -2.32. The molecule has 1 saturated carbocycles. The van der Waals surface area contributed by atoms with Crippen molar-refractivity contribution in [3.05, 3.63) is 0 Å². The normalized spacial score (nSPS) is 29.8. The summed E-state index contributed by atoms with van der Waals surface area (Å²) in [4.78, 5) is 22.9. The van der Waals surface area contributed by atoms with Crippen LogP contribution in [0.15, 0.2) is 0 Å². The van der Waals surface area contributed by atoms with Crippen LogP contribution in [-0.4, -0.2) is 33.9 Å². The maximum Gasteiger partial charge on any atom is 0.310 e. The van der Waals surface area contributed by atoms with Crippen molar-refractivity contribution in [2.75, 3.05) is 0 Å². The number of aliphatic carboxylic acids is 1. The predicted octanol–water partition coefficient (Wildman–Crippen LogP) is 1.19. The molecule has 0 aliphatic heterocycles. The van der Waals surface area contributed by atoms with Gasteiger partial charge in [-0.25, -0.2) is 0 Å². The summed E-state index contributed by atoms with van der Waals surface area (Å²) in [5.41, 5.74) is -0.636. The number of hydrogen-bond acceptors (Lipinski definition) is 4. The van der Waals surface area contributed by atoms with E-state index in [1.165, 1.54) is 0 Å². The number of ether oxygens (including phenoxy) is 1. The van der Waals surface area contributed by atoms with E-state index in [9.17, 15) is 14.7 Å². The summed E-state index contributed by atoms with van der Waals surface area (Å²) in [5.74, 6) is -3.00. The SMILES string of the molecule is CC(C)(C)OC(=O)C1CC(O)CCC1C(=O)O. The Bertz CT molecular complexity index is 305. The molecule has 3 unspecified atom stereocenters. The fraction of sp³-hybridized carbons (Fsp3) is 0.833. The van der Waals surface area contributed by atoms with Crippen LogP contribution in [-0.2, 0) is 14.3 Å². The number of hydrogen-bond donors (Lipinski definition) is 2. The molecule has 0 heterocycles. The third-order valence-electron chi connectivity index (χ3n) is 2.85. The highest BCUT2D eigenvalue weighted by molar-refractivity contribution is 5.81. The van der Waals surface area contributed by atoms with E-state index >= 15 is 0 Å². The van der Waals surface area contributed by atoms with E-state index in [1.807, 2.05) is 0 Å². The molecule has 0 spiro atoms. The maximum atomic E-state index is 11.9. The molecule has 1 aliphatic carbocycles. The van der Waals surface area contributed by atoms with E-state index in [0.717, 1.165) is 0 Å². The summed E-state index contributed by atoms with van der Waals surface area (Å²) in [6, 6.07) is 0. The van der Waals surface area contributed by atoms with Crippen molar-refractivity contribution >= 4 is 11.9 Å². The molecule has 3 atom stereocenters. The van der Waals surface area contributed by atoms with Crippen molar-refractivity contribution < 1.29 is 24.5 Å². The molecule has 0 aromatic heterocycles. The molecular weight excluding hydrogens is 224 g/mol. The zero-order valence-corrected chi connectivity index (χ0v) is 10.5. The zero-order valence-electron chi connectivity index (χ0n) is 10.5.